The van der Waals surface area contributed by atoms with Crippen LogP contribution in [-0.2, 0) is 16.1 Å². The SMILES string of the molecule is CCCC1=C(C(=O)OCC)[C@@H](c2cc(Br)ccc2OC)n2c(s/c(=C/c3ccc(OCc4cccc(C(=O)O)c4)cc3)c2=O)=N1. The molecule has 0 radical (unpaired) electrons. The Morgan fingerprint density at radius 1 is 1.09 bits per heavy atom. The van der Waals surface area contributed by atoms with Crippen molar-refractivity contribution in [2.75, 3.05) is 13.7 Å². The van der Waals surface area contributed by atoms with Gasteiger partial charge in [0.25, 0.3) is 5.56 Å². The van der Waals surface area contributed by atoms with E-state index < -0.39 is 18.0 Å². The second-order valence-electron chi connectivity index (χ2n) is 10.2. The number of nitrogens with zero attached hydrogens (tertiary/aromatic N) is 2. The normalized spacial score (nSPS) is 14.5. The van der Waals surface area contributed by atoms with Crippen molar-refractivity contribution in [1.82, 2.24) is 4.57 Å². The van der Waals surface area contributed by atoms with Crippen molar-refractivity contribution in [3.05, 3.63) is 124 Å². The van der Waals surface area contributed by atoms with Crippen molar-refractivity contribution in [2.45, 2.75) is 39.3 Å². The lowest BCUT2D eigenvalue weighted by molar-refractivity contribution is -0.139. The minimum absolute atomic E-state index is 0.183. The highest BCUT2D eigenvalue weighted by Crippen LogP contribution is 2.38. The molecule has 0 saturated heterocycles. The molecule has 0 fully saturated rings. The van der Waals surface area contributed by atoms with Crippen LogP contribution in [0.25, 0.3) is 6.08 Å². The van der Waals surface area contributed by atoms with E-state index in [1.807, 2.05) is 31.2 Å². The van der Waals surface area contributed by atoms with Gasteiger partial charge < -0.3 is 19.3 Å². The molecular formula is C34H31BrN2O7S. The Hall–Kier alpha value is -4.48. The third kappa shape index (κ3) is 6.94. The summed E-state index contributed by atoms with van der Waals surface area (Å²) in [6, 6.07) is 18.5. The summed E-state index contributed by atoms with van der Waals surface area (Å²) in [6.45, 7) is 4.15. The van der Waals surface area contributed by atoms with Crippen LogP contribution in [-0.4, -0.2) is 35.3 Å². The molecule has 45 heavy (non-hydrogen) atoms. The van der Waals surface area contributed by atoms with Gasteiger partial charge in [-0.05, 0) is 73.0 Å². The molecule has 1 aliphatic rings. The van der Waals surface area contributed by atoms with Gasteiger partial charge in [-0.2, -0.15) is 0 Å². The van der Waals surface area contributed by atoms with Crippen molar-refractivity contribution in [2.24, 2.45) is 4.99 Å². The maximum absolute atomic E-state index is 14.1. The molecule has 11 heteroatoms. The number of aromatic nitrogens is 1. The predicted octanol–water partition coefficient (Wildman–Crippen LogP) is 5.63. The summed E-state index contributed by atoms with van der Waals surface area (Å²) in [4.78, 5) is 44.1. The van der Waals surface area contributed by atoms with Gasteiger partial charge in [-0.15, -0.1) is 0 Å². The number of ether oxygens (including phenoxy) is 3. The smallest absolute Gasteiger partial charge is 0.338 e. The fourth-order valence-corrected chi connectivity index (χ4v) is 6.51. The molecule has 0 amide bonds. The Bertz CT molecular complexity index is 1960. The van der Waals surface area contributed by atoms with Crippen LogP contribution < -0.4 is 24.4 Å². The van der Waals surface area contributed by atoms with Crippen molar-refractivity contribution >= 4 is 45.3 Å². The number of aromatic carboxylic acids is 1. The number of carboxylic acid groups (broad SMARTS) is 1. The van der Waals surface area contributed by atoms with Gasteiger partial charge in [-0.1, -0.05) is 64.9 Å². The molecule has 1 aromatic heterocycles. The van der Waals surface area contributed by atoms with E-state index in [1.165, 1.54) is 17.4 Å². The zero-order chi connectivity index (χ0) is 32.1. The van der Waals surface area contributed by atoms with E-state index in [4.69, 9.17) is 19.2 Å². The number of carboxylic acids is 1. The summed E-state index contributed by atoms with van der Waals surface area (Å²) >= 11 is 4.79. The standard InChI is InChI=1S/C34H31BrN2O7S/c1-4-7-26-29(33(41)43-5-2)30(25-18-23(35)12-15-27(25)42-3)37-31(38)28(45-34(37)36-26)17-20-10-13-24(14-11-20)44-19-21-8-6-9-22(16-21)32(39)40/h6,8-18,30H,4-5,7,19H2,1-3H3,(H,39,40)/b28-17+/t30-/m1/s1. The van der Waals surface area contributed by atoms with Crippen LogP contribution in [0, 0.1) is 0 Å². The Balaban J connectivity index is 1.54. The fraction of sp³-hybridized carbons (Fsp3) is 0.235. The quantitative estimate of drug-likeness (QED) is 0.203. The summed E-state index contributed by atoms with van der Waals surface area (Å²) < 4.78 is 19.8. The number of benzene rings is 3. The van der Waals surface area contributed by atoms with Gasteiger partial charge in [-0.3, -0.25) is 9.36 Å². The van der Waals surface area contributed by atoms with E-state index in [0.717, 1.165) is 22.0 Å². The molecular weight excluding hydrogens is 660 g/mol. The first-order valence-corrected chi connectivity index (χ1v) is 16.0. The Morgan fingerprint density at radius 3 is 2.56 bits per heavy atom. The van der Waals surface area contributed by atoms with Crippen molar-refractivity contribution in [3.8, 4) is 11.5 Å². The Labute approximate surface area is 271 Å². The Morgan fingerprint density at radius 2 is 1.87 bits per heavy atom. The van der Waals surface area contributed by atoms with E-state index in [-0.39, 0.29) is 24.3 Å². The molecule has 4 aromatic rings. The largest absolute Gasteiger partial charge is 0.496 e. The molecule has 0 unspecified atom stereocenters. The lowest BCUT2D eigenvalue weighted by atomic mass is 9.93. The summed E-state index contributed by atoms with van der Waals surface area (Å²) in [5.41, 5.74) is 2.97. The van der Waals surface area contributed by atoms with Gasteiger partial charge in [0.2, 0.25) is 0 Å². The second-order valence-corrected chi connectivity index (χ2v) is 12.1. The van der Waals surface area contributed by atoms with Crippen LogP contribution in [0.1, 0.15) is 59.8 Å². The maximum Gasteiger partial charge on any atom is 0.338 e. The van der Waals surface area contributed by atoms with Gasteiger partial charge in [0.15, 0.2) is 4.80 Å². The van der Waals surface area contributed by atoms with Crippen LogP contribution in [0.5, 0.6) is 11.5 Å². The van der Waals surface area contributed by atoms with E-state index in [2.05, 4.69) is 15.9 Å². The number of rotatable bonds is 11. The molecule has 1 atom stereocenters. The number of hydrogen-bond acceptors (Lipinski definition) is 8. The highest BCUT2D eigenvalue weighted by atomic mass is 79.9. The maximum atomic E-state index is 14.1. The first kappa shape index (κ1) is 31.9. The molecule has 232 valence electrons. The van der Waals surface area contributed by atoms with Crippen molar-refractivity contribution in [1.29, 1.82) is 0 Å². The number of methoxy groups -OCH3 is 1. The van der Waals surface area contributed by atoms with Crippen LogP contribution in [0.2, 0.25) is 0 Å². The number of carbonyl (C=O) groups is 2. The van der Waals surface area contributed by atoms with E-state index in [9.17, 15) is 19.5 Å². The summed E-state index contributed by atoms with van der Waals surface area (Å²) in [7, 11) is 1.55. The monoisotopic (exact) mass is 690 g/mol. The number of hydrogen-bond donors (Lipinski definition) is 1. The molecule has 0 bridgehead atoms. The first-order valence-electron chi connectivity index (χ1n) is 14.3. The minimum Gasteiger partial charge on any atom is -0.496 e. The third-order valence-corrected chi connectivity index (χ3v) is 8.61. The van der Waals surface area contributed by atoms with E-state index in [0.29, 0.717) is 44.1 Å². The minimum atomic E-state index is -0.993. The van der Waals surface area contributed by atoms with Crippen LogP contribution >= 0.6 is 27.3 Å². The molecule has 1 N–H and O–H groups in total. The van der Waals surface area contributed by atoms with Crippen molar-refractivity contribution in [3.63, 3.8) is 0 Å². The third-order valence-electron chi connectivity index (χ3n) is 7.14. The van der Waals surface area contributed by atoms with Gasteiger partial charge in [-0.25, -0.2) is 14.6 Å². The molecule has 3 aromatic carbocycles. The number of fused-ring (bicyclic) bond motifs is 1. The van der Waals surface area contributed by atoms with Gasteiger partial charge in [0.1, 0.15) is 24.1 Å². The molecule has 2 heterocycles. The molecule has 1 aliphatic heterocycles. The zero-order valence-electron chi connectivity index (χ0n) is 24.9. The first-order chi connectivity index (χ1) is 21.7. The molecule has 9 nitrogen and oxygen atoms in total. The van der Waals surface area contributed by atoms with Gasteiger partial charge in [0.05, 0.1) is 35.1 Å². The van der Waals surface area contributed by atoms with Crippen LogP contribution in [0.15, 0.2) is 92.3 Å². The average Bonchev–Trinajstić information content (AvgIpc) is 3.34. The van der Waals surface area contributed by atoms with E-state index in [1.54, 1.807) is 61.1 Å². The Kier molecular flexibility index (Phi) is 9.99. The number of esters is 1. The second kappa shape index (κ2) is 14.1. The number of thiazole rings is 1. The van der Waals surface area contributed by atoms with Crippen LogP contribution in [0.4, 0.5) is 0 Å². The highest BCUT2D eigenvalue weighted by Gasteiger charge is 2.36. The summed E-state index contributed by atoms with van der Waals surface area (Å²) in [5.74, 6) is -0.384. The number of halogens is 1. The highest BCUT2D eigenvalue weighted by molar-refractivity contribution is 9.10. The van der Waals surface area contributed by atoms with E-state index >= 15 is 0 Å². The number of carbonyl (C=O) groups excluding carboxylic acids is 1. The lowest BCUT2D eigenvalue weighted by Crippen LogP contribution is -2.40. The lowest BCUT2D eigenvalue weighted by Gasteiger charge is -2.27. The molecule has 5 rings (SSSR count). The number of allylic oxidation sites excluding steroid dienone is 1. The average molecular weight is 692 g/mol. The van der Waals surface area contributed by atoms with Gasteiger partial charge >= 0.3 is 11.9 Å². The predicted molar refractivity (Wildman–Crippen MR) is 175 cm³/mol. The zero-order valence-corrected chi connectivity index (χ0v) is 27.3. The van der Waals surface area contributed by atoms with Crippen LogP contribution in [0.3, 0.4) is 0 Å². The summed E-state index contributed by atoms with van der Waals surface area (Å²) in [5, 5.41) is 9.22. The van der Waals surface area contributed by atoms with Gasteiger partial charge in [0, 0.05) is 10.0 Å². The summed E-state index contributed by atoms with van der Waals surface area (Å²) in [6.07, 6.45) is 3.07. The van der Waals surface area contributed by atoms with Crippen molar-refractivity contribution < 1.29 is 28.9 Å². The molecule has 0 saturated carbocycles. The topological polar surface area (TPSA) is 116 Å². The molecule has 0 spiro atoms. The molecule has 0 aliphatic carbocycles. The fourth-order valence-electron chi connectivity index (χ4n) is 5.11.